The molecule has 1 rings (SSSR count). The predicted octanol–water partition coefficient (Wildman–Crippen LogP) is 1.33. The number of esters is 1. The fourth-order valence-electron chi connectivity index (χ4n) is 1.57. The topological polar surface area (TPSA) is 84.5 Å². The minimum Gasteiger partial charge on any atom is -0.465 e. The van der Waals surface area contributed by atoms with E-state index in [0.29, 0.717) is 12.1 Å². The van der Waals surface area contributed by atoms with Crippen molar-refractivity contribution in [3.8, 4) is 0 Å². The first-order valence-electron chi connectivity index (χ1n) is 6.32. The number of anilines is 1. The van der Waals surface area contributed by atoms with Gasteiger partial charge in [-0.25, -0.2) is 4.79 Å². The highest BCUT2D eigenvalue weighted by Crippen LogP contribution is 2.15. The Kier molecular flexibility index (Phi) is 6.22. The van der Waals surface area contributed by atoms with Crippen molar-refractivity contribution in [3.63, 3.8) is 0 Å². The highest BCUT2D eigenvalue weighted by Gasteiger charge is 2.13. The Morgan fingerprint density at radius 2 is 1.85 bits per heavy atom. The molecule has 0 saturated carbocycles. The van der Waals surface area contributed by atoms with Gasteiger partial charge in [-0.15, -0.1) is 0 Å². The molecule has 0 spiro atoms. The summed E-state index contributed by atoms with van der Waals surface area (Å²) in [7, 11) is 1.27. The summed E-state index contributed by atoms with van der Waals surface area (Å²) in [5, 5.41) is 5.07. The van der Waals surface area contributed by atoms with Crippen LogP contribution in [0.5, 0.6) is 0 Å². The Hall–Kier alpha value is -2.37. The minimum absolute atomic E-state index is 0.131. The average molecular weight is 278 g/mol. The van der Waals surface area contributed by atoms with Gasteiger partial charge in [-0.3, -0.25) is 9.59 Å². The third-order valence-electron chi connectivity index (χ3n) is 2.53. The molecule has 0 heterocycles. The van der Waals surface area contributed by atoms with Crippen molar-refractivity contribution in [2.24, 2.45) is 0 Å². The molecular weight excluding hydrogens is 260 g/mol. The Morgan fingerprint density at radius 1 is 1.15 bits per heavy atom. The fraction of sp³-hybridized carbons (Fsp3) is 0.357. The van der Waals surface area contributed by atoms with E-state index in [4.69, 9.17) is 0 Å². The van der Waals surface area contributed by atoms with E-state index in [1.165, 1.54) is 7.11 Å². The summed E-state index contributed by atoms with van der Waals surface area (Å²) in [4.78, 5) is 34.5. The summed E-state index contributed by atoms with van der Waals surface area (Å²) >= 11 is 0. The molecule has 1 aromatic rings. The lowest BCUT2D eigenvalue weighted by Crippen LogP contribution is -2.32. The quantitative estimate of drug-likeness (QED) is 0.769. The van der Waals surface area contributed by atoms with E-state index in [2.05, 4.69) is 15.4 Å². The van der Waals surface area contributed by atoms with Crippen molar-refractivity contribution in [2.75, 3.05) is 19.0 Å². The highest BCUT2D eigenvalue weighted by molar-refractivity contribution is 6.02. The maximum atomic E-state index is 11.7. The van der Waals surface area contributed by atoms with Crippen molar-refractivity contribution < 1.29 is 19.1 Å². The largest absolute Gasteiger partial charge is 0.465 e. The first kappa shape index (κ1) is 15.7. The molecule has 0 fully saturated rings. The van der Waals surface area contributed by atoms with Crippen LogP contribution in [0.4, 0.5) is 5.69 Å². The van der Waals surface area contributed by atoms with Gasteiger partial charge in [0, 0.05) is 6.42 Å². The number of carbonyl (C=O) groups excluding carboxylic acids is 3. The van der Waals surface area contributed by atoms with Crippen LogP contribution in [0.25, 0.3) is 0 Å². The Balaban J connectivity index is 2.62. The van der Waals surface area contributed by atoms with Crippen LogP contribution < -0.4 is 10.6 Å². The van der Waals surface area contributed by atoms with E-state index >= 15 is 0 Å². The molecule has 0 aromatic heterocycles. The van der Waals surface area contributed by atoms with Gasteiger partial charge in [-0.1, -0.05) is 19.1 Å². The lowest BCUT2D eigenvalue weighted by Gasteiger charge is -2.10. The number of ether oxygens (including phenoxy) is 1. The van der Waals surface area contributed by atoms with Crippen LogP contribution in [0.3, 0.4) is 0 Å². The number of para-hydroxylation sites is 1. The third kappa shape index (κ3) is 4.72. The van der Waals surface area contributed by atoms with E-state index in [1.54, 1.807) is 24.3 Å². The lowest BCUT2D eigenvalue weighted by molar-refractivity contribution is -0.124. The molecule has 0 aliphatic heterocycles. The molecule has 0 aliphatic rings. The van der Waals surface area contributed by atoms with Crippen molar-refractivity contribution >= 4 is 23.5 Å². The van der Waals surface area contributed by atoms with Gasteiger partial charge < -0.3 is 15.4 Å². The van der Waals surface area contributed by atoms with E-state index in [9.17, 15) is 14.4 Å². The Bertz CT molecular complexity index is 500. The number of amides is 2. The molecule has 0 atom stereocenters. The second-order valence-electron chi connectivity index (χ2n) is 4.11. The number of hydrogen-bond donors (Lipinski definition) is 2. The van der Waals surface area contributed by atoms with Crippen LogP contribution in [-0.2, 0) is 14.3 Å². The highest BCUT2D eigenvalue weighted by atomic mass is 16.5. The molecule has 2 N–H and O–H groups in total. The monoisotopic (exact) mass is 278 g/mol. The van der Waals surface area contributed by atoms with Gasteiger partial charge in [0.15, 0.2) is 0 Å². The predicted molar refractivity (Wildman–Crippen MR) is 74.3 cm³/mol. The normalized spacial score (nSPS) is 9.70. The number of benzene rings is 1. The van der Waals surface area contributed by atoms with E-state index in [1.807, 2.05) is 6.92 Å². The zero-order valence-electron chi connectivity index (χ0n) is 11.6. The Labute approximate surface area is 117 Å². The molecule has 6 nitrogen and oxygen atoms in total. The van der Waals surface area contributed by atoms with Crippen LogP contribution >= 0.6 is 0 Å². The standard InChI is InChI=1S/C14H18N2O4/c1-3-6-12(17)15-9-13(18)16-11-8-5-4-7-10(11)14(19)20-2/h4-5,7-8H,3,6,9H2,1-2H3,(H,15,17)(H,16,18). The lowest BCUT2D eigenvalue weighted by atomic mass is 10.2. The third-order valence-corrected chi connectivity index (χ3v) is 2.53. The SMILES string of the molecule is CCCC(=O)NCC(=O)Nc1ccccc1C(=O)OC. The zero-order valence-corrected chi connectivity index (χ0v) is 11.6. The van der Waals surface area contributed by atoms with Gasteiger partial charge in [0.25, 0.3) is 0 Å². The zero-order chi connectivity index (χ0) is 15.0. The molecule has 0 aliphatic carbocycles. The summed E-state index contributed by atoms with van der Waals surface area (Å²) in [6.45, 7) is 1.75. The van der Waals surface area contributed by atoms with Crippen molar-refractivity contribution in [1.29, 1.82) is 0 Å². The molecule has 0 bridgehead atoms. The number of rotatable bonds is 6. The minimum atomic E-state index is -0.532. The maximum absolute atomic E-state index is 11.7. The number of carbonyl (C=O) groups is 3. The number of nitrogens with one attached hydrogen (secondary N) is 2. The fourth-order valence-corrected chi connectivity index (χ4v) is 1.57. The van der Waals surface area contributed by atoms with Crippen molar-refractivity contribution in [1.82, 2.24) is 5.32 Å². The van der Waals surface area contributed by atoms with Gasteiger partial charge in [-0.2, -0.15) is 0 Å². The molecular formula is C14H18N2O4. The molecule has 2 amide bonds. The van der Waals surface area contributed by atoms with Crippen LogP contribution in [-0.4, -0.2) is 31.4 Å². The summed E-state index contributed by atoms with van der Waals surface area (Å²) in [6, 6.07) is 6.51. The van der Waals surface area contributed by atoms with E-state index < -0.39 is 11.9 Å². The molecule has 108 valence electrons. The number of hydrogen-bond acceptors (Lipinski definition) is 4. The van der Waals surface area contributed by atoms with Crippen LogP contribution in [0.15, 0.2) is 24.3 Å². The van der Waals surface area contributed by atoms with E-state index in [-0.39, 0.29) is 18.0 Å². The molecule has 6 heteroatoms. The van der Waals surface area contributed by atoms with Gasteiger partial charge in [0.1, 0.15) is 0 Å². The summed E-state index contributed by atoms with van der Waals surface area (Å²) in [5.41, 5.74) is 0.623. The van der Waals surface area contributed by atoms with E-state index in [0.717, 1.165) is 6.42 Å². The summed E-state index contributed by atoms with van der Waals surface area (Å²) in [6.07, 6.45) is 1.10. The average Bonchev–Trinajstić information content (AvgIpc) is 2.45. The second-order valence-corrected chi connectivity index (χ2v) is 4.11. The maximum Gasteiger partial charge on any atom is 0.339 e. The molecule has 0 unspecified atom stereocenters. The number of methoxy groups -OCH3 is 1. The molecule has 1 aromatic carbocycles. The first-order valence-corrected chi connectivity index (χ1v) is 6.32. The van der Waals surface area contributed by atoms with Crippen LogP contribution in [0, 0.1) is 0 Å². The smallest absolute Gasteiger partial charge is 0.339 e. The Morgan fingerprint density at radius 3 is 2.50 bits per heavy atom. The van der Waals surface area contributed by atoms with Gasteiger partial charge in [-0.05, 0) is 18.6 Å². The molecule has 0 radical (unpaired) electrons. The first-order chi connectivity index (χ1) is 9.58. The van der Waals surface area contributed by atoms with Crippen LogP contribution in [0.2, 0.25) is 0 Å². The van der Waals surface area contributed by atoms with Gasteiger partial charge in [0.05, 0.1) is 24.9 Å². The summed E-state index contributed by atoms with van der Waals surface area (Å²) < 4.78 is 4.63. The van der Waals surface area contributed by atoms with Gasteiger partial charge in [0.2, 0.25) is 11.8 Å². The second kappa shape index (κ2) is 7.93. The molecule has 20 heavy (non-hydrogen) atoms. The summed E-state index contributed by atoms with van der Waals surface area (Å²) in [5.74, 6) is -1.11. The molecule has 0 saturated heterocycles. The van der Waals surface area contributed by atoms with Gasteiger partial charge >= 0.3 is 5.97 Å². The van der Waals surface area contributed by atoms with Crippen LogP contribution in [0.1, 0.15) is 30.1 Å². The van der Waals surface area contributed by atoms with Crippen molar-refractivity contribution in [2.45, 2.75) is 19.8 Å². The van der Waals surface area contributed by atoms with Crippen molar-refractivity contribution in [3.05, 3.63) is 29.8 Å².